The Balaban J connectivity index is 1.56. The van der Waals surface area contributed by atoms with E-state index >= 15 is 0 Å². The maximum Gasteiger partial charge on any atom is 0.120 e. The maximum absolute atomic E-state index is 9.90. The van der Waals surface area contributed by atoms with Crippen LogP contribution in [0.25, 0.3) is 0 Å². The Morgan fingerprint density at radius 3 is 2.49 bits per heavy atom. The molecule has 4 heteroatoms. The lowest BCUT2D eigenvalue weighted by Crippen LogP contribution is -2.33. The summed E-state index contributed by atoms with van der Waals surface area (Å²) in [5.74, 6) is 1.71. The second-order valence-electron chi connectivity index (χ2n) is 11.1. The van der Waals surface area contributed by atoms with Crippen LogP contribution in [0.2, 0.25) is 0 Å². The molecular weight excluding hydrogens is 456 g/mol. The molecule has 0 saturated carbocycles. The van der Waals surface area contributed by atoms with Crippen molar-refractivity contribution in [3.05, 3.63) is 88.5 Å². The molecule has 0 saturated heterocycles. The molecule has 3 aromatic carbocycles. The fourth-order valence-corrected chi connectivity index (χ4v) is 5.61. The fraction of sp³-hybridized carbons (Fsp3) is 0.455. The average Bonchev–Trinajstić information content (AvgIpc) is 2.91. The predicted octanol–water partition coefficient (Wildman–Crippen LogP) is 6.98. The maximum atomic E-state index is 9.90. The molecule has 0 aromatic heterocycles. The Hall–Kier alpha value is -2.98. The Labute approximate surface area is 223 Å². The van der Waals surface area contributed by atoms with Gasteiger partial charge >= 0.3 is 0 Å². The van der Waals surface area contributed by atoms with Crippen molar-refractivity contribution >= 4 is 5.69 Å². The standard InChI is InChI=1S/C33H44N2O2/c1-6-18-34-23-33(3,4)28-13-8-24(9-14-28)22-35(7-2)32-21-30(37-5)16-17-31(32)27-11-10-26-20-29(36)15-12-25(26)19-27/h8-9,12-17,20-21,27,34,36H,6-7,10-11,18-19,22-23H2,1-5H3. The number of anilines is 1. The first kappa shape index (κ1) is 27.1. The zero-order valence-electron chi connectivity index (χ0n) is 23.3. The van der Waals surface area contributed by atoms with Crippen molar-refractivity contribution in [2.45, 2.75) is 71.3 Å². The zero-order valence-corrected chi connectivity index (χ0v) is 23.3. The van der Waals surface area contributed by atoms with Crippen LogP contribution in [0.3, 0.4) is 0 Å². The van der Waals surface area contributed by atoms with Gasteiger partial charge in [0.1, 0.15) is 11.5 Å². The number of phenolic OH excluding ortho intramolecular Hbond substituents is 1. The highest BCUT2D eigenvalue weighted by Gasteiger charge is 2.25. The van der Waals surface area contributed by atoms with Gasteiger partial charge in [0.15, 0.2) is 0 Å². The van der Waals surface area contributed by atoms with Gasteiger partial charge in [0.05, 0.1) is 7.11 Å². The summed E-state index contributed by atoms with van der Waals surface area (Å²) in [7, 11) is 1.74. The Bertz CT molecular complexity index is 1170. The third-order valence-corrected chi connectivity index (χ3v) is 7.92. The third-order valence-electron chi connectivity index (χ3n) is 7.92. The van der Waals surface area contributed by atoms with Crippen LogP contribution in [0.15, 0.2) is 60.7 Å². The molecule has 3 aromatic rings. The topological polar surface area (TPSA) is 44.7 Å². The minimum Gasteiger partial charge on any atom is -0.508 e. The summed E-state index contributed by atoms with van der Waals surface area (Å²) in [6.07, 6.45) is 4.24. The summed E-state index contributed by atoms with van der Waals surface area (Å²) in [4.78, 5) is 2.48. The summed E-state index contributed by atoms with van der Waals surface area (Å²) in [5.41, 5.74) is 8.09. The molecule has 198 valence electrons. The van der Waals surface area contributed by atoms with Crippen LogP contribution in [0.1, 0.15) is 74.3 Å². The molecule has 0 spiro atoms. The smallest absolute Gasteiger partial charge is 0.120 e. The molecule has 37 heavy (non-hydrogen) atoms. The summed E-state index contributed by atoms with van der Waals surface area (Å²) in [5, 5.41) is 13.5. The zero-order chi connectivity index (χ0) is 26.4. The van der Waals surface area contributed by atoms with E-state index in [1.807, 2.05) is 12.1 Å². The summed E-state index contributed by atoms with van der Waals surface area (Å²) in [6.45, 7) is 12.9. The normalized spacial score (nSPS) is 15.3. The number of phenols is 1. The van der Waals surface area contributed by atoms with Crippen LogP contribution in [-0.2, 0) is 24.8 Å². The number of nitrogens with zero attached hydrogens (tertiary/aromatic N) is 1. The molecule has 0 radical (unpaired) electrons. The van der Waals surface area contributed by atoms with Crippen LogP contribution >= 0.6 is 0 Å². The number of rotatable bonds is 11. The van der Waals surface area contributed by atoms with E-state index in [0.717, 1.165) is 57.6 Å². The van der Waals surface area contributed by atoms with Crippen molar-refractivity contribution < 1.29 is 9.84 Å². The number of nitrogens with one attached hydrogen (secondary N) is 1. The number of hydrogen-bond donors (Lipinski definition) is 2. The van der Waals surface area contributed by atoms with E-state index in [9.17, 15) is 5.11 Å². The molecule has 0 fully saturated rings. The average molecular weight is 501 g/mol. The van der Waals surface area contributed by atoms with E-state index in [-0.39, 0.29) is 5.41 Å². The second kappa shape index (κ2) is 12.0. The lowest BCUT2D eigenvalue weighted by atomic mass is 9.79. The van der Waals surface area contributed by atoms with Gasteiger partial charge in [0, 0.05) is 36.8 Å². The Kier molecular flexibility index (Phi) is 8.81. The minimum absolute atomic E-state index is 0.103. The van der Waals surface area contributed by atoms with Gasteiger partial charge in [-0.3, -0.25) is 0 Å². The Morgan fingerprint density at radius 2 is 1.78 bits per heavy atom. The van der Waals surface area contributed by atoms with Gasteiger partial charge in [-0.25, -0.2) is 0 Å². The fourth-order valence-electron chi connectivity index (χ4n) is 5.61. The Morgan fingerprint density at radius 1 is 1.00 bits per heavy atom. The van der Waals surface area contributed by atoms with Gasteiger partial charge in [0.25, 0.3) is 0 Å². The van der Waals surface area contributed by atoms with E-state index in [1.165, 1.54) is 33.5 Å². The van der Waals surface area contributed by atoms with E-state index in [0.29, 0.717) is 11.7 Å². The van der Waals surface area contributed by atoms with Gasteiger partial charge in [0.2, 0.25) is 0 Å². The van der Waals surface area contributed by atoms with Gasteiger partial charge in [-0.1, -0.05) is 57.2 Å². The minimum atomic E-state index is 0.103. The van der Waals surface area contributed by atoms with Crippen LogP contribution in [-0.4, -0.2) is 31.9 Å². The predicted molar refractivity (Wildman–Crippen MR) is 155 cm³/mol. The monoisotopic (exact) mass is 500 g/mol. The summed E-state index contributed by atoms with van der Waals surface area (Å²) < 4.78 is 5.64. The number of benzene rings is 3. The third kappa shape index (κ3) is 6.48. The molecule has 2 N–H and O–H groups in total. The van der Waals surface area contributed by atoms with Crippen LogP contribution in [0, 0.1) is 0 Å². The second-order valence-corrected chi connectivity index (χ2v) is 11.1. The van der Waals surface area contributed by atoms with E-state index in [1.54, 1.807) is 7.11 Å². The molecule has 1 atom stereocenters. The molecule has 1 aliphatic carbocycles. The number of ether oxygens (including phenoxy) is 1. The van der Waals surface area contributed by atoms with Crippen LogP contribution < -0.4 is 15.0 Å². The summed E-state index contributed by atoms with van der Waals surface area (Å²) in [6, 6.07) is 21.6. The van der Waals surface area contributed by atoms with Crippen molar-refractivity contribution in [1.29, 1.82) is 0 Å². The molecule has 0 bridgehead atoms. The van der Waals surface area contributed by atoms with E-state index in [2.05, 4.69) is 86.4 Å². The van der Waals surface area contributed by atoms with Crippen molar-refractivity contribution in [2.75, 3.05) is 31.6 Å². The van der Waals surface area contributed by atoms with Crippen molar-refractivity contribution in [3.8, 4) is 11.5 Å². The first-order valence-electron chi connectivity index (χ1n) is 13.9. The number of aryl methyl sites for hydroxylation is 1. The van der Waals surface area contributed by atoms with Crippen LogP contribution in [0.4, 0.5) is 5.69 Å². The van der Waals surface area contributed by atoms with Crippen molar-refractivity contribution in [2.24, 2.45) is 0 Å². The highest BCUT2D eigenvalue weighted by atomic mass is 16.5. The molecule has 4 rings (SSSR count). The molecule has 1 unspecified atom stereocenters. The molecular formula is C33H44N2O2. The molecule has 0 heterocycles. The van der Waals surface area contributed by atoms with Gasteiger partial charge < -0.3 is 20.1 Å². The molecule has 0 amide bonds. The van der Waals surface area contributed by atoms with Crippen molar-refractivity contribution in [1.82, 2.24) is 5.32 Å². The largest absolute Gasteiger partial charge is 0.508 e. The lowest BCUT2D eigenvalue weighted by molar-refractivity contribution is 0.414. The first-order chi connectivity index (χ1) is 17.8. The molecule has 4 nitrogen and oxygen atoms in total. The van der Waals surface area contributed by atoms with Gasteiger partial charge in [-0.05, 0) is 91.1 Å². The van der Waals surface area contributed by atoms with E-state index in [4.69, 9.17) is 4.74 Å². The molecule has 0 aliphatic heterocycles. The number of methoxy groups -OCH3 is 1. The molecule has 1 aliphatic rings. The van der Waals surface area contributed by atoms with Crippen LogP contribution in [0.5, 0.6) is 11.5 Å². The highest BCUT2D eigenvalue weighted by molar-refractivity contribution is 5.60. The number of aromatic hydroxyl groups is 1. The quantitative estimate of drug-likeness (QED) is 0.279. The number of fused-ring (bicyclic) bond motifs is 1. The van der Waals surface area contributed by atoms with Gasteiger partial charge in [-0.15, -0.1) is 0 Å². The SMILES string of the molecule is CCCNCC(C)(C)c1ccc(CN(CC)c2cc(OC)ccc2C2CCc3cc(O)ccc3C2)cc1. The summed E-state index contributed by atoms with van der Waals surface area (Å²) >= 11 is 0. The number of hydrogen-bond acceptors (Lipinski definition) is 4. The highest BCUT2D eigenvalue weighted by Crippen LogP contribution is 2.40. The van der Waals surface area contributed by atoms with Gasteiger partial charge in [-0.2, -0.15) is 0 Å². The van der Waals surface area contributed by atoms with Crippen molar-refractivity contribution in [3.63, 3.8) is 0 Å². The lowest BCUT2D eigenvalue weighted by Gasteiger charge is -2.32. The van der Waals surface area contributed by atoms with E-state index < -0.39 is 0 Å². The first-order valence-corrected chi connectivity index (χ1v) is 13.9.